The number of benzene rings is 1. The highest BCUT2D eigenvalue weighted by molar-refractivity contribution is 5.95. The fraction of sp³-hybridized carbons (Fsp3) is 0.286. The van der Waals surface area contributed by atoms with Crippen molar-refractivity contribution in [2.45, 2.75) is 19.4 Å². The highest BCUT2D eigenvalue weighted by atomic mass is 16.3. The molecule has 1 unspecified atom stereocenters. The Balaban J connectivity index is 1.92. The molecule has 0 bridgehead atoms. The Bertz CT molecular complexity index is 621. The quantitative estimate of drug-likeness (QED) is 0.856. The van der Waals surface area contributed by atoms with Crippen LogP contribution < -0.4 is 4.90 Å². The average molecular weight is 257 g/mol. The lowest BCUT2D eigenvalue weighted by atomic mass is 10.1. The lowest BCUT2D eigenvalue weighted by Gasteiger charge is -2.10. The van der Waals surface area contributed by atoms with Crippen LogP contribution in [-0.2, 0) is 4.79 Å². The average Bonchev–Trinajstić information content (AvgIpc) is 2.96. The number of rotatable bonds is 2. The number of nitrogens with one attached hydrogen (secondary N) is 1. The number of nitrogens with zero attached hydrogens (tertiary/aromatic N) is 2. The number of anilines is 1. The molecule has 2 heterocycles. The molecule has 98 valence electrons. The largest absolute Gasteiger partial charge is 0.391 e. The first-order valence-electron chi connectivity index (χ1n) is 6.25. The molecule has 0 radical (unpaired) electrons. The molecular formula is C14H15N3O2. The van der Waals surface area contributed by atoms with Crippen LogP contribution in [0.3, 0.4) is 0 Å². The fourth-order valence-electron chi connectivity index (χ4n) is 2.37. The second-order valence-corrected chi connectivity index (χ2v) is 4.82. The van der Waals surface area contributed by atoms with Crippen molar-refractivity contribution in [2.24, 2.45) is 0 Å². The summed E-state index contributed by atoms with van der Waals surface area (Å²) in [6, 6.07) is 9.83. The van der Waals surface area contributed by atoms with Crippen LogP contribution in [0.1, 0.15) is 12.0 Å². The van der Waals surface area contributed by atoms with E-state index in [-0.39, 0.29) is 12.3 Å². The van der Waals surface area contributed by atoms with Gasteiger partial charge in [0.2, 0.25) is 5.91 Å². The number of aromatic amines is 1. The maximum Gasteiger partial charge on any atom is 0.230 e. The van der Waals surface area contributed by atoms with Crippen molar-refractivity contribution < 1.29 is 9.90 Å². The molecule has 1 fully saturated rings. The SMILES string of the molecule is Cc1ccccc1-c1cc(N2CC(O)CC2=O)n[nH]1. The summed E-state index contributed by atoms with van der Waals surface area (Å²) in [5.74, 6) is 0.482. The molecule has 0 aliphatic carbocycles. The van der Waals surface area contributed by atoms with Crippen molar-refractivity contribution in [1.82, 2.24) is 10.2 Å². The normalized spacial score (nSPS) is 19.2. The predicted molar refractivity (Wildman–Crippen MR) is 71.7 cm³/mol. The minimum Gasteiger partial charge on any atom is -0.391 e. The van der Waals surface area contributed by atoms with Crippen LogP contribution in [0.2, 0.25) is 0 Å². The zero-order chi connectivity index (χ0) is 13.4. The highest BCUT2D eigenvalue weighted by Gasteiger charge is 2.30. The van der Waals surface area contributed by atoms with E-state index in [1.54, 1.807) is 0 Å². The lowest BCUT2D eigenvalue weighted by molar-refractivity contribution is -0.117. The topological polar surface area (TPSA) is 69.2 Å². The minimum atomic E-state index is -0.592. The van der Waals surface area contributed by atoms with E-state index in [1.807, 2.05) is 37.3 Å². The summed E-state index contributed by atoms with van der Waals surface area (Å²) < 4.78 is 0. The Morgan fingerprint density at radius 1 is 1.42 bits per heavy atom. The molecule has 5 heteroatoms. The zero-order valence-electron chi connectivity index (χ0n) is 10.6. The van der Waals surface area contributed by atoms with E-state index < -0.39 is 6.10 Å². The van der Waals surface area contributed by atoms with Crippen molar-refractivity contribution in [2.75, 3.05) is 11.4 Å². The Hall–Kier alpha value is -2.14. The van der Waals surface area contributed by atoms with Gasteiger partial charge in [-0.1, -0.05) is 24.3 Å². The van der Waals surface area contributed by atoms with Crippen LogP contribution in [0.5, 0.6) is 0 Å². The molecule has 1 atom stereocenters. The van der Waals surface area contributed by atoms with E-state index in [0.717, 1.165) is 16.8 Å². The van der Waals surface area contributed by atoms with Gasteiger partial charge in [-0.3, -0.25) is 14.8 Å². The minimum absolute atomic E-state index is 0.0877. The maximum atomic E-state index is 11.7. The second kappa shape index (κ2) is 4.51. The fourth-order valence-corrected chi connectivity index (χ4v) is 2.37. The van der Waals surface area contributed by atoms with Crippen molar-refractivity contribution in [3.63, 3.8) is 0 Å². The molecule has 0 spiro atoms. The molecule has 1 aromatic carbocycles. The molecule has 1 aromatic heterocycles. The standard InChI is InChI=1S/C14H15N3O2/c1-9-4-2-3-5-11(9)12-7-13(16-15-12)17-8-10(18)6-14(17)19/h2-5,7,10,18H,6,8H2,1H3,(H,15,16). The summed E-state index contributed by atoms with van der Waals surface area (Å²) in [5.41, 5.74) is 3.08. The third-order valence-electron chi connectivity index (χ3n) is 3.38. The number of hydrogen-bond acceptors (Lipinski definition) is 3. The summed E-state index contributed by atoms with van der Waals surface area (Å²) in [4.78, 5) is 13.2. The van der Waals surface area contributed by atoms with Crippen molar-refractivity contribution >= 4 is 11.7 Å². The smallest absolute Gasteiger partial charge is 0.230 e. The van der Waals surface area contributed by atoms with Gasteiger partial charge in [-0.15, -0.1) is 0 Å². The number of aromatic nitrogens is 2. The van der Waals surface area contributed by atoms with Gasteiger partial charge >= 0.3 is 0 Å². The zero-order valence-corrected chi connectivity index (χ0v) is 10.6. The van der Waals surface area contributed by atoms with E-state index in [4.69, 9.17) is 0 Å². The molecule has 2 N–H and O–H groups in total. The number of carbonyl (C=O) groups excluding carboxylic acids is 1. The van der Waals surface area contributed by atoms with Gasteiger partial charge in [0.05, 0.1) is 24.8 Å². The third-order valence-corrected chi connectivity index (χ3v) is 3.38. The number of aliphatic hydroxyl groups is 1. The van der Waals surface area contributed by atoms with Crippen molar-refractivity contribution in [3.8, 4) is 11.3 Å². The summed E-state index contributed by atoms with van der Waals surface area (Å²) in [5, 5.41) is 16.6. The van der Waals surface area contributed by atoms with Crippen LogP contribution in [0.4, 0.5) is 5.82 Å². The maximum absolute atomic E-state index is 11.7. The number of β-amino-alcohol motifs (C(OH)–C–C–N with tert-alkyl or cyclic N) is 1. The molecule has 1 amide bonds. The summed E-state index contributed by atoms with van der Waals surface area (Å²) in [7, 11) is 0. The Labute approximate surface area is 110 Å². The van der Waals surface area contributed by atoms with Crippen LogP contribution in [0.25, 0.3) is 11.3 Å². The van der Waals surface area contributed by atoms with Crippen LogP contribution >= 0.6 is 0 Å². The summed E-state index contributed by atoms with van der Waals surface area (Å²) in [6.45, 7) is 2.34. The van der Waals surface area contributed by atoms with Gasteiger partial charge in [0.1, 0.15) is 0 Å². The molecule has 1 aliphatic heterocycles. The molecule has 2 aromatic rings. The molecule has 19 heavy (non-hydrogen) atoms. The first kappa shape index (κ1) is 11.9. The van der Waals surface area contributed by atoms with E-state index in [9.17, 15) is 9.90 Å². The first-order chi connectivity index (χ1) is 9.15. The Kier molecular flexibility index (Phi) is 2.83. The van der Waals surface area contributed by atoms with Gasteiger partial charge in [-0.2, -0.15) is 5.10 Å². The monoisotopic (exact) mass is 257 g/mol. The van der Waals surface area contributed by atoms with Gasteiger partial charge in [0, 0.05) is 11.6 Å². The highest BCUT2D eigenvalue weighted by Crippen LogP contribution is 2.26. The van der Waals surface area contributed by atoms with Gasteiger partial charge < -0.3 is 5.11 Å². The van der Waals surface area contributed by atoms with Crippen LogP contribution in [0.15, 0.2) is 30.3 Å². The number of carbonyl (C=O) groups is 1. The number of aliphatic hydroxyl groups excluding tert-OH is 1. The van der Waals surface area contributed by atoms with E-state index in [2.05, 4.69) is 10.2 Å². The molecule has 1 aliphatic rings. The second-order valence-electron chi connectivity index (χ2n) is 4.82. The molecule has 5 nitrogen and oxygen atoms in total. The Morgan fingerprint density at radius 2 is 2.21 bits per heavy atom. The van der Waals surface area contributed by atoms with E-state index in [1.165, 1.54) is 4.90 Å². The van der Waals surface area contributed by atoms with Gasteiger partial charge in [0.25, 0.3) is 0 Å². The summed E-state index contributed by atoms with van der Waals surface area (Å²) in [6.07, 6.45) is -0.418. The predicted octanol–water partition coefficient (Wildman–Crippen LogP) is 1.48. The molecule has 1 saturated heterocycles. The number of H-pyrrole nitrogens is 1. The molecule has 0 saturated carbocycles. The number of aryl methyl sites for hydroxylation is 1. The van der Waals surface area contributed by atoms with E-state index >= 15 is 0 Å². The van der Waals surface area contributed by atoms with Crippen LogP contribution in [0, 0.1) is 6.92 Å². The lowest BCUT2D eigenvalue weighted by Crippen LogP contribution is -2.25. The van der Waals surface area contributed by atoms with Crippen molar-refractivity contribution in [3.05, 3.63) is 35.9 Å². The van der Waals surface area contributed by atoms with Crippen LogP contribution in [-0.4, -0.2) is 33.9 Å². The first-order valence-corrected chi connectivity index (χ1v) is 6.25. The third kappa shape index (κ3) is 2.13. The van der Waals surface area contributed by atoms with Gasteiger partial charge in [0.15, 0.2) is 5.82 Å². The molecular weight excluding hydrogens is 242 g/mol. The Morgan fingerprint density at radius 3 is 2.89 bits per heavy atom. The van der Waals surface area contributed by atoms with Gasteiger partial charge in [-0.25, -0.2) is 0 Å². The number of hydrogen-bond donors (Lipinski definition) is 2. The van der Waals surface area contributed by atoms with Gasteiger partial charge in [-0.05, 0) is 12.5 Å². The van der Waals surface area contributed by atoms with E-state index in [0.29, 0.717) is 12.4 Å². The number of amides is 1. The summed E-state index contributed by atoms with van der Waals surface area (Å²) >= 11 is 0. The van der Waals surface area contributed by atoms with Crippen molar-refractivity contribution in [1.29, 1.82) is 0 Å². The molecule has 3 rings (SSSR count).